The molecule has 1 fully saturated rings. The number of hydrogen-bond donors (Lipinski definition) is 0. The normalized spacial score (nSPS) is 21.3. The molecule has 0 bridgehead atoms. The summed E-state index contributed by atoms with van der Waals surface area (Å²) in [5.41, 5.74) is 2.38. The molecule has 1 aliphatic rings. The molecule has 23 heavy (non-hydrogen) atoms. The van der Waals surface area contributed by atoms with Gasteiger partial charge in [0, 0.05) is 18.9 Å². The van der Waals surface area contributed by atoms with E-state index in [0.29, 0.717) is 12.3 Å². The third-order valence-electron chi connectivity index (χ3n) is 4.73. The van der Waals surface area contributed by atoms with Crippen LogP contribution in [0.1, 0.15) is 36.4 Å². The Bertz CT molecular complexity index is 665. The molecular weight excluding hydrogens is 282 g/mol. The molecule has 2 nitrogen and oxygen atoms in total. The van der Waals surface area contributed by atoms with Crippen molar-refractivity contribution in [2.75, 3.05) is 6.54 Å². The lowest BCUT2D eigenvalue weighted by atomic mass is 9.83. The van der Waals surface area contributed by atoms with Crippen LogP contribution >= 0.6 is 0 Å². The van der Waals surface area contributed by atoms with Crippen LogP contribution in [0.5, 0.6) is 0 Å². The summed E-state index contributed by atoms with van der Waals surface area (Å²) in [5, 5.41) is 0. The zero-order valence-electron chi connectivity index (χ0n) is 13.6. The summed E-state index contributed by atoms with van der Waals surface area (Å²) in [6.07, 6.45) is 2.37. The van der Waals surface area contributed by atoms with Gasteiger partial charge in [-0.15, -0.1) is 6.58 Å². The van der Waals surface area contributed by atoms with E-state index in [1.807, 2.05) is 47.4 Å². The molecule has 0 saturated carbocycles. The van der Waals surface area contributed by atoms with Crippen LogP contribution in [0.3, 0.4) is 0 Å². The summed E-state index contributed by atoms with van der Waals surface area (Å²) in [6.45, 7) is 6.97. The fourth-order valence-electron chi connectivity index (χ4n) is 3.45. The fourth-order valence-corrected chi connectivity index (χ4v) is 3.45. The highest BCUT2D eigenvalue weighted by molar-refractivity contribution is 5.79. The minimum Gasteiger partial charge on any atom is -0.335 e. The maximum absolute atomic E-state index is 12.8. The Balaban J connectivity index is 1.72. The molecule has 0 radical (unpaired) electrons. The molecule has 1 amide bonds. The van der Waals surface area contributed by atoms with Crippen LogP contribution in [-0.2, 0) is 4.79 Å². The quantitative estimate of drug-likeness (QED) is 0.741. The molecule has 0 aliphatic carbocycles. The third kappa shape index (κ3) is 3.21. The van der Waals surface area contributed by atoms with Crippen molar-refractivity contribution >= 4 is 5.91 Å². The number of carbonyl (C=O) groups excluding carboxylic acids is 1. The second-order valence-electron chi connectivity index (χ2n) is 6.34. The molecule has 1 saturated heterocycles. The average Bonchev–Trinajstić information content (AvgIpc) is 2.59. The third-order valence-corrected chi connectivity index (χ3v) is 4.73. The van der Waals surface area contributed by atoms with Gasteiger partial charge >= 0.3 is 0 Å². The molecule has 2 heteroatoms. The minimum atomic E-state index is 0.0797. The molecule has 3 atom stereocenters. The van der Waals surface area contributed by atoms with Gasteiger partial charge < -0.3 is 4.90 Å². The molecule has 0 unspecified atom stereocenters. The van der Waals surface area contributed by atoms with E-state index in [1.165, 1.54) is 5.56 Å². The smallest absolute Gasteiger partial charge is 0.224 e. The Kier molecular flexibility index (Phi) is 4.61. The van der Waals surface area contributed by atoms with Crippen LogP contribution < -0.4 is 0 Å². The highest BCUT2D eigenvalue weighted by Gasteiger charge is 2.39. The van der Waals surface area contributed by atoms with E-state index in [2.05, 4.69) is 37.8 Å². The Labute approximate surface area is 138 Å². The second kappa shape index (κ2) is 6.82. The van der Waals surface area contributed by atoms with Crippen LogP contribution in [0.2, 0.25) is 0 Å². The maximum Gasteiger partial charge on any atom is 0.224 e. The summed E-state index contributed by atoms with van der Waals surface area (Å²) in [7, 11) is 0. The van der Waals surface area contributed by atoms with Gasteiger partial charge in [-0.1, -0.05) is 73.7 Å². The predicted molar refractivity (Wildman–Crippen MR) is 94.1 cm³/mol. The second-order valence-corrected chi connectivity index (χ2v) is 6.34. The van der Waals surface area contributed by atoms with Gasteiger partial charge in [0.05, 0.1) is 6.04 Å². The van der Waals surface area contributed by atoms with E-state index in [9.17, 15) is 4.79 Å². The van der Waals surface area contributed by atoms with Crippen LogP contribution in [0.4, 0.5) is 0 Å². The molecule has 0 N–H and O–H groups in total. The highest BCUT2D eigenvalue weighted by atomic mass is 16.2. The van der Waals surface area contributed by atoms with Crippen molar-refractivity contribution in [2.24, 2.45) is 5.92 Å². The molecule has 2 aromatic carbocycles. The van der Waals surface area contributed by atoms with E-state index >= 15 is 0 Å². The van der Waals surface area contributed by atoms with Gasteiger partial charge in [0.1, 0.15) is 0 Å². The lowest BCUT2D eigenvalue weighted by Gasteiger charge is -2.47. The number of carbonyl (C=O) groups is 1. The molecular formula is C21H23NO. The maximum atomic E-state index is 12.8. The molecule has 1 aliphatic heterocycles. The average molecular weight is 305 g/mol. The van der Waals surface area contributed by atoms with Gasteiger partial charge in [-0.3, -0.25) is 4.79 Å². The van der Waals surface area contributed by atoms with Crippen molar-refractivity contribution in [3.05, 3.63) is 84.4 Å². The lowest BCUT2D eigenvalue weighted by molar-refractivity contribution is -0.143. The van der Waals surface area contributed by atoms with Gasteiger partial charge in [-0.2, -0.15) is 0 Å². The number of allylic oxidation sites excluding steroid dienone is 1. The summed E-state index contributed by atoms with van der Waals surface area (Å²) in [5.74, 6) is 0.807. The predicted octanol–water partition coefficient (Wildman–Crippen LogP) is 4.57. The topological polar surface area (TPSA) is 20.3 Å². The van der Waals surface area contributed by atoms with Gasteiger partial charge in [0.2, 0.25) is 5.91 Å². The van der Waals surface area contributed by atoms with Crippen molar-refractivity contribution < 1.29 is 4.79 Å². The standard InChI is InChI=1S/C21H23NO/c1-3-17(18-10-6-4-7-11-18)14-20(23)22-15-16(2)21(22)19-12-8-5-9-13-19/h3-13,16-17,21H,1,14-15H2,2H3/t16-,17-,21+/m1/s1. The monoisotopic (exact) mass is 305 g/mol. The summed E-state index contributed by atoms with van der Waals surface area (Å²) in [4.78, 5) is 14.8. The Morgan fingerprint density at radius 3 is 2.35 bits per heavy atom. The van der Waals surface area contributed by atoms with Crippen LogP contribution in [0, 0.1) is 5.92 Å². The first kappa shape index (κ1) is 15.5. The van der Waals surface area contributed by atoms with Crippen molar-refractivity contribution in [2.45, 2.75) is 25.3 Å². The Morgan fingerprint density at radius 1 is 1.17 bits per heavy atom. The van der Waals surface area contributed by atoms with Gasteiger partial charge in [0.25, 0.3) is 0 Å². The number of amides is 1. The van der Waals surface area contributed by atoms with Crippen molar-refractivity contribution in [3.8, 4) is 0 Å². The highest BCUT2D eigenvalue weighted by Crippen LogP contribution is 2.39. The van der Waals surface area contributed by atoms with Crippen molar-refractivity contribution in [1.29, 1.82) is 0 Å². The lowest BCUT2D eigenvalue weighted by Crippen LogP contribution is -2.51. The van der Waals surface area contributed by atoms with Gasteiger partial charge in [-0.05, 0) is 17.0 Å². The van der Waals surface area contributed by atoms with E-state index in [4.69, 9.17) is 0 Å². The summed E-state index contributed by atoms with van der Waals surface area (Å²) < 4.78 is 0. The van der Waals surface area contributed by atoms with Crippen molar-refractivity contribution in [1.82, 2.24) is 4.90 Å². The SMILES string of the molecule is C=C[C@H](CC(=O)N1C[C@@H](C)[C@H]1c1ccccc1)c1ccccc1. The molecule has 0 spiro atoms. The zero-order valence-corrected chi connectivity index (χ0v) is 13.6. The molecule has 2 aromatic rings. The number of nitrogens with zero attached hydrogens (tertiary/aromatic N) is 1. The number of rotatable bonds is 5. The Morgan fingerprint density at radius 2 is 1.78 bits per heavy atom. The molecule has 3 rings (SSSR count). The number of benzene rings is 2. The minimum absolute atomic E-state index is 0.0797. The number of hydrogen-bond acceptors (Lipinski definition) is 1. The summed E-state index contributed by atoms with van der Waals surface area (Å²) in [6, 6.07) is 20.7. The van der Waals surface area contributed by atoms with Crippen LogP contribution in [-0.4, -0.2) is 17.4 Å². The summed E-state index contributed by atoms with van der Waals surface area (Å²) >= 11 is 0. The van der Waals surface area contributed by atoms with E-state index in [1.54, 1.807) is 0 Å². The van der Waals surface area contributed by atoms with E-state index in [-0.39, 0.29) is 17.9 Å². The van der Waals surface area contributed by atoms with Crippen LogP contribution in [0.15, 0.2) is 73.3 Å². The zero-order chi connectivity index (χ0) is 16.2. The molecule has 1 heterocycles. The van der Waals surface area contributed by atoms with E-state index in [0.717, 1.165) is 12.1 Å². The van der Waals surface area contributed by atoms with Crippen LogP contribution in [0.25, 0.3) is 0 Å². The number of likely N-dealkylation sites (tertiary alicyclic amines) is 1. The first-order valence-electron chi connectivity index (χ1n) is 8.22. The Hall–Kier alpha value is -2.35. The van der Waals surface area contributed by atoms with Crippen molar-refractivity contribution in [3.63, 3.8) is 0 Å². The fraction of sp³-hybridized carbons (Fsp3) is 0.286. The first-order valence-corrected chi connectivity index (χ1v) is 8.22. The first-order chi connectivity index (χ1) is 11.2. The van der Waals surface area contributed by atoms with Gasteiger partial charge in [-0.25, -0.2) is 0 Å². The largest absolute Gasteiger partial charge is 0.335 e. The van der Waals surface area contributed by atoms with E-state index < -0.39 is 0 Å². The van der Waals surface area contributed by atoms with Gasteiger partial charge in [0.15, 0.2) is 0 Å². The molecule has 0 aromatic heterocycles. The molecule has 118 valence electrons.